The number of benzene rings is 1. The molecule has 1 atom stereocenters. The molecule has 1 amide bonds. The fraction of sp³-hybridized carbons (Fsp3) is 0.0625. The molecule has 0 spiro atoms. The van der Waals surface area contributed by atoms with Gasteiger partial charge in [-0.25, -0.2) is 0 Å². The van der Waals surface area contributed by atoms with E-state index in [1.807, 2.05) is 47.8 Å². The Hall–Kier alpha value is -2.33. The largest absolute Gasteiger partial charge is 0.459 e. The number of nitrogens with one attached hydrogen (secondary N) is 1. The molecule has 0 aliphatic heterocycles. The lowest BCUT2D eigenvalue weighted by Gasteiger charge is -2.17. The number of furan rings is 1. The van der Waals surface area contributed by atoms with Gasteiger partial charge < -0.3 is 9.73 Å². The smallest absolute Gasteiger partial charge is 0.287 e. The molecule has 20 heavy (non-hydrogen) atoms. The summed E-state index contributed by atoms with van der Waals surface area (Å²) >= 11 is 1.62. The standard InChI is InChI=1S/C16H13NO2S/c18-16(13-8-4-10-19-13)17-15(14-9-5-11-20-14)12-6-2-1-3-7-12/h1-11,15H,(H,17,18)/t15-/m1/s1. The summed E-state index contributed by atoms with van der Waals surface area (Å²) in [6.07, 6.45) is 1.50. The molecule has 1 N–H and O–H groups in total. The predicted octanol–water partition coefficient (Wildman–Crippen LogP) is 3.86. The maximum atomic E-state index is 12.2. The molecule has 0 saturated carbocycles. The van der Waals surface area contributed by atoms with Gasteiger partial charge in [-0.05, 0) is 29.1 Å². The van der Waals surface area contributed by atoms with Crippen LogP contribution in [0.3, 0.4) is 0 Å². The van der Waals surface area contributed by atoms with Crippen molar-refractivity contribution in [3.63, 3.8) is 0 Å². The van der Waals surface area contributed by atoms with Gasteiger partial charge in [0.25, 0.3) is 5.91 Å². The lowest BCUT2D eigenvalue weighted by Crippen LogP contribution is -2.28. The molecule has 3 nitrogen and oxygen atoms in total. The first-order chi connectivity index (χ1) is 9.84. The van der Waals surface area contributed by atoms with Crippen LogP contribution in [0.4, 0.5) is 0 Å². The van der Waals surface area contributed by atoms with Crippen molar-refractivity contribution in [2.24, 2.45) is 0 Å². The van der Waals surface area contributed by atoms with Crippen molar-refractivity contribution in [3.05, 3.63) is 82.4 Å². The zero-order chi connectivity index (χ0) is 13.8. The molecule has 0 bridgehead atoms. The molecule has 4 heteroatoms. The maximum absolute atomic E-state index is 12.2. The third-order valence-electron chi connectivity index (χ3n) is 2.98. The van der Waals surface area contributed by atoms with Gasteiger partial charge in [0.2, 0.25) is 0 Å². The predicted molar refractivity (Wildman–Crippen MR) is 78.8 cm³/mol. The van der Waals surface area contributed by atoms with E-state index >= 15 is 0 Å². The Kier molecular flexibility index (Phi) is 3.65. The van der Waals surface area contributed by atoms with Crippen molar-refractivity contribution in [2.75, 3.05) is 0 Å². The number of thiophene rings is 1. The Morgan fingerprint density at radius 1 is 1.05 bits per heavy atom. The third kappa shape index (κ3) is 2.65. The Morgan fingerprint density at radius 3 is 2.55 bits per heavy atom. The second-order valence-corrected chi connectivity index (χ2v) is 5.29. The van der Waals surface area contributed by atoms with E-state index in [0.29, 0.717) is 5.76 Å². The Balaban J connectivity index is 1.89. The second kappa shape index (κ2) is 5.75. The Morgan fingerprint density at radius 2 is 1.90 bits per heavy atom. The molecule has 0 radical (unpaired) electrons. The average Bonchev–Trinajstić information content (AvgIpc) is 3.18. The van der Waals surface area contributed by atoms with Gasteiger partial charge >= 0.3 is 0 Å². The van der Waals surface area contributed by atoms with E-state index < -0.39 is 0 Å². The van der Waals surface area contributed by atoms with Crippen molar-refractivity contribution in [2.45, 2.75) is 6.04 Å². The molecule has 0 fully saturated rings. The van der Waals surface area contributed by atoms with Crippen LogP contribution in [0, 0.1) is 0 Å². The number of carbonyl (C=O) groups is 1. The molecule has 3 rings (SSSR count). The molecular formula is C16H13NO2S. The summed E-state index contributed by atoms with van der Waals surface area (Å²) in [6.45, 7) is 0. The van der Waals surface area contributed by atoms with E-state index in [1.54, 1.807) is 23.5 Å². The lowest BCUT2D eigenvalue weighted by molar-refractivity contribution is 0.0915. The van der Waals surface area contributed by atoms with Gasteiger partial charge in [-0.1, -0.05) is 36.4 Å². The van der Waals surface area contributed by atoms with Gasteiger partial charge in [0, 0.05) is 4.88 Å². The van der Waals surface area contributed by atoms with Crippen LogP contribution in [-0.4, -0.2) is 5.91 Å². The number of amides is 1. The molecule has 2 aromatic heterocycles. The van der Waals surface area contributed by atoms with Crippen LogP contribution in [-0.2, 0) is 0 Å². The van der Waals surface area contributed by atoms with E-state index in [4.69, 9.17) is 4.42 Å². The van der Waals surface area contributed by atoms with Crippen LogP contribution in [0.1, 0.15) is 27.0 Å². The van der Waals surface area contributed by atoms with E-state index in [0.717, 1.165) is 10.4 Å². The topological polar surface area (TPSA) is 42.2 Å². The van der Waals surface area contributed by atoms with Gasteiger partial charge in [-0.3, -0.25) is 4.79 Å². The molecule has 0 aliphatic rings. The van der Waals surface area contributed by atoms with Crippen LogP contribution < -0.4 is 5.32 Å². The summed E-state index contributed by atoms with van der Waals surface area (Å²) in [7, 11) is 0. The summed E-state index contributed by atoms with van der Waals surface area (Å²) in [5, 5.41) is 5.02. The summed E-state index contributed by atoms with van der Waals surface area (Å²) < 4.78 is 5.14. The van der Waals surface area contributed by atoms with Crippen LogP contribution in [0.15, 0.2) is 70.7 Å². The quantitative estimate of drug-likeness (QED) is 0.790. The number of carbonyl (C=O) groups excluding carboxylic acids is 1. The van der Waals surface area contributed by atoms with Crippen molar-refractivity contribution in [1.29, 1.82) is 0 Å². The normalized spacial score (nSPS) is 12.0. The van der Waals surface area contributed by atoms with Gasteiger partial charge in [0.1, 0.15) is 0 Å². The molecule has 0 aliphatic carbocycles. The zero-order valence-corrected chi connectivity index (χ0v) is 11.5. The summed E-state index contributed by atoms with van der Waals surface area (Å²) in [6, 6.07) is 17.1. The van der Waals surface area contributed by atoms with Gasteiger partial charge in [0.15, 0.2) is 5.76 Å². The highest BCUT2D eigenvalue weighted by Crippen LogP contribution is 2.26. The summed E-state index contributed by atoms with van der Waals surface area (Å²) in [5.41, 5.74) is 1.05. The van der Waals surface area contributed by atoms with Gasteiger partial charge in [0.05, 0.1) is 12.3 Å². The van der Waals surface area contributed by atoms with Gasteiger partial charge in [-0.15, -0.1) is 11.3 Å². The lowest BCUT2D eigenvalue weighted by atomic mass is 10.1. The van der Waals surface area contributed by atoms with Crippen LogP contribution in [0.5, 0.6) is 0 Å². The zero-order valence-electron chi connectivity index (χ0n) is 10.7. The van der Waals surface area contributed by atoms with Crippen molar-refractivity contribution < 1.29 is 9.21 Å². The first kappa shape index (κ1) is 12.7. The maximum Gasteiger partial charge on any atom is 0.287 e. The van der Waals surface area contributed by atoms with Crippen LogP contribution >= 0.6 is 11.3 Å². The number of hydrogen-bond donors (Lipinski definition) is 1. The third-order valence-corrected chi connectivity index (χ3v) is 3.92. The molecular weight excluding hydrogens is 270 g/mol. The van der Waals surface area contributed by atoms with Crippen molar-refractivity contribution >= 4 is 17.2 Å². The molecule has 2 heterocycles. The van der Waals surface area contributed by atoms with E-state index in [2.05, 4.69) is 5.32 Å². The molecule has 3 aromatic rings. The van der Waals surface area contributed by atoms with Crippen molar-refractivity contribution in [1.82, 2.24) is 5.32 Å². The summed E-state index contributed by atoms with van der Waals surface area (Å²) in [5.74, 6) is 0.111. The number of rotatable bonds is 4. The first-order valence-electron chi connectivity index (χ1n) is 6.27. The van der Waals surface area contributed by atoms with Crippen LogP contribution in [0.2, 0.25) is 0 Å². The fourth-order valence-corrected chi connectivity index (χ4v) is 2.83. The van der Waals surface area contributed by atoms with E-state index in [1.165, 1.54) is 6.26 Å². The van der Waals surface area contributed by atoms with E-state index in [9.17, 15) is 4.79 Å². The van der Waals surface area contributed by atoms with Crippen LogP contribution in [0.25, 0.3) is 0 Å². The second-order valence-electron chi connectivity index (χ2n) is 4.31. The average molecular weight is 283 g/mol. The fourth-order valence-electron chi connectivity index (χ4n) is 2.03. The SMILES string of the molecule is O=C(N[C@H](c1ccccc1)c1cccs1)c1ccco1. The monoisotopic (exact) mass is 283 g/mol. The minimum Gasteiger partial charge on any atom is -0.459 e. The Labute approximate surface area is 120 Å². The van der Waals surface area contributed by atoms with Crippen molar-refractivity contribution in [3.8, 4) is 0 Å². The van der Waals surface area contributed by atoms with Gasteiger partial charge in [-0.2, -0.15) is 0 Å². The minimum absolute atomic E-state index is 0.159. The summed E-state index contributed by atoms with van der Waals surface area (Å²) in [4.78, 5) is 13.3. The van der Waals surface area contributed by atoms with E-state index in [-0.39, 0.29) is 11.9 Å². The molecule has 100 valence electrons. The number of hydrogen-bond acceptors (Lipinski definition) is 3. The molecule has 1 aromatic carbocycles. The molecule has 0 unspecified atom stereocenters. The molecule has 0 saturated heterocycles. The highest BCUT2D eigenvalue weighted by Gasteiger charge is 2.19. The highest BCUT2D eigenvalue weighted by atomic mass is 32.1. The highest BCUT2D eigenvalue weighted by molar-refractivity contribution is 7.10. The Bertz CT molecular complexity index is 660. The minimum atomic E-state index is -0.211. The first-order valence-corrected chi connectivity index (χ1v) is 7.15.